The molecule has 3 heteroatoms. The topological polar surface area (TPSA) is 52.0 Å². The lowest BCUT2D eigenvalue weighted by Crippen LogP contribution is -2.02. The molecule has 0 atom stereocenters. The minimum absolute atomic E-state index is 0.597. The van der Waals surface area contributed by atoms with Crippen molar-refractivity contribution in [2.24, 2.45) is 5.73 Å². The van der Waals surface area contributed by atoms with E-state index in [1.807, 2.05) is 6.92 Å². The molecule has 0 bridgehead atoms. The fourth-order valence-corrected chi connectivity index (χ4v) is 0.641. The summed E-state index contributed by atoms with van der Waals surface area (Å²) in [5.41, 5.74) is 6.19. The van der Waals surface area contributed by atoms with E-state index in [4.69, 9.17) is 10.2 Å². The third-order valence-corrected chi connectivity index (χ3v) is 1.02. The van der Waals surface area contributed by atoms with Gasteiger partial charge in [-0.05, 0) is 6.92 Å². The van der Waals surface area contributed by atoms with E-state index in [2.05, 4.69) is 4.98 Å². The van der Waals surface area contributed by atoms with Crippen LogP contribution >= 0.6 is 0 Å². The summed E-state index contributed by atoms with van der Waals surface area (Å²) in [4.78, 5) is 4.05. The van der Waals surface area contributed by atoms with Crippen molar-refractivity contribution in [2.45, 2.75) is 13.3 Å². The second kappa shape index (κ2) is 2.64. The van der Waals surface area contributed by atoms with Gasteiger partial charge in [0.05, 0.1) is 5.69 Å². The predicted molar refractivity (Wildman–Crippen MR) is 34.0 cm³/mol. The zero-order chi connectivity index (χ0) is 6.69. The Hall–Kier alpha value is -0.830. The molecule has 0 fully saturated rings. The Morgan fingerprint density at radius 1 is 1.78 bits per heavy atom. The van der Waals surface area contributed by atoms with Gasteiger partial charge in [-0.15, -0.1) is 0 Å². The highest BCUT2D eigenvalue weighted by atomic mass is 16.3. The van der Waals surface area contributed by atoms with E-state index in [1.54, 1.807) is 6.26 Å². The predicted octanol–water partition coefficient (Wildman–Crippen LogP) is 0.484. The second-order valence-corrected chi connectivity index (χ2v) is 1.92. The van der Waals surface area contributed by atoms with Gasteiger partial charge in [-0.2, -0.15) is 0 Å². The van der Waals surface area contributed by atoms with Crippen molar-refractivity contribution in [3.05, 3.63) is 17.8 Å². The molecule has 3 nitrogen and oxygen atoms in total. The summed E-state index contributed by atoms with van der Waals surface area (Å²) in [5, 5.41) is 0. The second-order valence-electron chi connectivity index (χ2n) is 1.92. The molecule has 0 unspecified atom stereocenters. The molecule has 0 amide bonds. The Labute approximate surface area is 53.9 Å². The summed E-state index contributed by atoms with van der Waals surface area (Å²) < 4.78 is 5.01. The number of aryl methyl sites for hydroxylation is 1. The molecule has 0 aromatic carbocycles. The van der Waals surface area contributed by atoms with Crippen LogP contribution in [0, 0.1) is 6.92 Å². The molecule has 0 saturated heterocycles. The lowest BCUT2D eigenvalue weighted by Gasteiger charge is -1.85. The number of nitrogens with two attached hydrogens (primary N) is 1. The number of rotatable bonds is 2. The van der Waals surface area contributed by atoms with Crippen LogP contribution in [0.5, 0.6) is 0 Å². The van der Waals surface area contributed by atoms with Gasteiger partial charge in [-0.1, -0.05) is 0 Å². The minimum atomic E-state index is 0.597. The van der Waals surface area contributed by atoms with Crippen LogP contribution in [0.2, 0.25) is 0 Å². The lowest BCUT2D eigenvalue weighted by molar-refractivity contribution is 0.496. The van der Waals surface area contributed by atoms with Crippen LogP contribution in [0.1, 0.15) is 11.6 Å². The Kier molecular flexibility index (Phi) is 1.85. The molecule has 2 N–H and O–H groups in total. The highest BCUT2D eigenvalue weighted by Crippen LogP contribution is 1.98. The van der Waals surface area contributed by atoms with E-state index in [0.29, 0.717) is 6.54 Å². The van der Waals surface area contributed by atoms with Crippen molar-refractivity contribution >= 4 is 0 Å². The molecule has 0 spiro atoms. The molecule has 0 aliphatic heterocycles. The Bertz CT molecular complexity index is 183. The lowest BCUT2D eigenvalue weighted by atomic mass is 10.4. The van der Waals surface area contributed by atoms with Crippen LogP contribution in [0.3, 0.4) is 0 Å². The van der Waals surface area contributed by atoms with Crippen LogP contribution in [-0.4, -0.2) is 11.5 Å². The van der Waals surface area contributed by atoms with E-state index in [0.717, 1.165) is 18.0 Å². The quantitative estimate of drug-likeness (QED) is 0.627. The smallest absolute Gasteiger partial charge is 0.195 e. The first-order valence-electron chi connectivity index (χ1n) is 2.94. The monoisotopic (exact) mass is 126 g/mol. The SMILES string of the molecule is Cc1coc(CCN)n1. The van der Waals surface area contributed by atoms with Crippen LogP contribution in [-0.2, 0) is 6.42 Å². The van der Waals surface area contributed by atoms with Crippen molar-refractivity contribution in [3.8, 4) is 0 Å². The number of hydrogen-bond donors (Lipinski definition) is 1. The van der Waals surface area contributed by atoms with Crippen LogP contribution in [0.4, 0.5) is 0 Å². The first-order chi connectivity index (χ1) is 4.33. The van der Waals surface area contributed by atoms with E-state index < -0.39 is 0 Å². The zero-order valence-electron chi connectivity index (χ0n) is 5.42. The third-order valence-electron chi connectivity index (χ3n) is 1.02. The molecule has 1 aromatic heterocycles. The minimum Gasteiger partial charge on any atom is -0.449 e. The number of aromatic nitrogens is 1. The molecule has 1 rings (SSSR count). The molecule has 50 valence electrons. The molecule has 0 radical (unpaired) electrons. The summed E-state index contributed by atoms with van der Waals surface area (Å²) in [6, 6.07) is 0. The molecule has 1 heterocycles. The maximum Gasteiger partial charge on any atom is 0.195 e. The van der Waals surface area contributed by atoms with Crippen LogP contribution < -0.4 is 5.73 Å². The van der Waals surface area contributed by atoms with Gasteiger partial charge in [0.1, 0.15) is 6.26 Å². The number of hydrogen-bond acceptors (Lipinski definition) is 3. The van der Waals surface area contributed by atoms with Crippen molar-refractivity contribution in [3.63, 3.8) is 0 Å². The molecule has 9 heavy (non-hydrogen) atoms. The average molecular weight is 126 g/mol. The van der Waals surface area contributed by atoms with Crippen molar-refractivity contribution < 1.29 is 4.42 Å². The van der Waals surface area contributed by atoms with Crippen molar-refractivity contribution in [1.29, 1.82) is 0 Å². The van der Waals surface area contributed by atoms with Crippen LogP contribution in [0.15, 0.2) is 10.7 Å². The molecular formula is C6H10N2O. The highest BCUT2D eigenvalue weighted by Gasteiger charge is 1.96. The third kappa shape index (κ3) is 1.54. The summed E-state index contributed by atoms with van der Waals surface area (Å²) in [6.07, 6.45) is 2.36. The standard InChI is InChI=1S/C6H10N2O/c1-5-4-9-6(8-5)2-3-7/h4H,2-3,7H2,1H3. The van der Waals surface area contributed by atoms with E-state index in [1.165, 1.54) is 0 Å². The average Bonchev–Trinajstić information content (AvgIpc) is 2.17. The number of nitrogens with zero attached hydrogens (tertiary/aromatic N) is 1. The summed E-state index contributed by atoms with van der Waals surface area (Å²) in [5.74, 6) is 0.731. The normalized spacial score (nSPS) is 10.0. The fourth-order valence-electron chi connectivity index (χ4n) is 0.641. The zero-order valence-corrected chi connectivity index (χ0v) is 5.42. The summed E-state index contributed by atoms with van der Waals surface area (Å²) in [7, 11) is 0. The maximum absolute atomic E-state index is 5.27. The molecule has 0 aliphatic carbocycles. The van der Waals surface area contributed by atoms with Gasteiger partial charge in [-0.25, -0.2) is 4.98 Å². The van der Waals surface area contributed by atoms with Crippen LogP contribution in [0.25, 0.3) is 0 Å². The molecule has 1 aromatic rings. The Morgan fingerprint density at radius 3 is 3.00 bits per heavy atom. The van der Waals surface area contributed by atoms with Gasteiger partial charge in [0, 0.05) is 13.0 Å². The first-order valence-corrected chi connectivity index (χ1v) is 2.94. The highest BCUT2D eigenvalue weighted by molar-refractivity contribution is 4.92. The van der Waals surface area contributed by atoms with Crippen molar-refractivity contribution in [1.82, 2.24) is 4.98 Å². The van der Waals surface area contributed by atoms with Gasteiger partial charge in [-0.3, -0.25) is 0 Å². The largest absolute Gasteiger partial charge is 0.449 e. The maximum atomic E-state index is 5.27. The van der Waals surface area contributed by atoms with Gasteiger partial charge < -0.3 is 10.2 Å². The van der Waals surface area contributed by atoms with Gasteiger partial charge in [0.25, 0.3) is 0 Å². The summed E-state index contributed by atoms with van der Waals surface area (Å²) in [6.45, 7) is 2.49. The van der Waals surface area contributed by atoms with E-state index in [-0.39, 0.29) is 0 Å². The summed E-state index contributed by atoms with van der Waals surface area (Å²) >= 11 is 0. The fraction of sp³-hybridized carbons (Fsp3) is 0.500. The van der Waals surface area contributed by atoms with Gasteiger partial charge in [0.2, 0.25) is 0 Å². The first kappa shape index (κ1) is 6.29. The molecule has 0 aliphatic rings. The Morgan fingerprint density at radius 2 is 2.56 bits per heavy atom. The molecular weight excluding hydrogens is 116 g/mol. The number of oxazole rings is 1. The Balaban J connectivity index is 2.61. The molecule has 0 saturated carbocycles. The van der Waals surface area contributed by atoms with Gasteiger partial charge >= 0.3 is 0 Å². The van der Waals surface area contributed by atoms with E-state index in [9.17, 15) is 0 Å². The van der Waals surface area contributed by atoms with Gasteiger partial charge in [0.15, 0.2) is 5.89 Å². The van der Waals surface area contributed by atoms with Crippen molar-refractivity contribution in [2.75, 3.05) is 6.54 Å². The van der Waals surface area contributed by atoms with E-state index >= 15 is 0 Å².